The maximum Gasteiger partial charge on any atom is 0.0964 e. The summed E-state index contributed by atoms with van der Waals surface area (Å²) in [5.74, 6) is 0. The van der Waals surface area contributed by atoms with Crippen LogP contribution in [0, 0.1) is 6.92 Å². The van der Waals surface area contributed by atoms with Crippen molar-refractivity contribution in [3.63, 3.8) is 0 Å². The van der Waals surface area contributed by atoms with Crippen molar-refractivity contribution >= 4 is 5.69 Å². The second kappa shape index (κ2) is 7.05. The topological polar surface area (TPSA) is 46.0 Å². The fourth-order valence-electron chi connectivity index (χ4n) is 1.96. The van der Waals surface area contributed by atoms with E-state index < -0.39 is 0 Å². The third-order valence-electron chi connectivity index (χ3n) is 3.28. The molecular formula is C15H23N5. The predicted octanol–water partition coefficient (Wildman–Crippen LogP) is 1.83. The third-order valence-corrected chi connectivity index (χ3v) is 3.28. The number of nitrogens with one attached hydrogen (secondary N) is 1. The number of likely N-dealkylation sites (N-methyl/N-ethyl adjacent to an activating group) is 1. The molecule has 108 valence electrons. The van der Waals surface area contributed by atoms with Crippen molar-refractivity contribution in [1.82, 2.24) is 20.3 Å². The Morgan fingerprint density at radius 2 is 2.00 bits per heavy atom. The van der Waals surface area contributed by atoms with Crippen LogP contribution in [-0.4, -0.2) is 35.1 Å². The Balaban J connectivity index is 1.85. The molecule has 0 spiro atoms. The zero-order valence-electron chi connectivity index (χ0n) is 12.5. The maximum absolute atomic E-state index is 4.15. The molecule has 20 heavy (non-hydrogen) atoms. The predicted molar refractivity (Wildman–Crippen MR) is 81.9 cm³/mol. The molecule has 0 fully saturated rings. The Morgan fingerprint density at radius 3 is 2.70 bits per heavy atom. The van der Waals surface area contributed by atoms with Crippen LogP contribution in [0.1, 0.15) is 18.2 Å². The zero-order chi connectivity index (χ0) is 14.4. The summed E-state index contributed by atoms with van der Waals surface area (Å²) in [5, 5.41) is 11.5. The van der Waals surface area contributed by atoms with E-state index >= 15 is 0 Å². The van der Waals surface area contributed by atoms with E-state index in [2.05, 4.69) is 65.7 Å². The number of rotatable bonds is 7. The van der Waals surface area contributed by atoms with Gasteiger partial charge in [0.1, 0.15) is 0 Å². The summed E-state index contributed by atoms with van der Waals surface area (Å²) in [4.78, 5) is 2.23. The van der Waals surface area contributed by atoms with Gasteiger partial charge in [-0.3, -0.25) is 4.68 Å². The van der Waals surface area contributed by atoms with E-state index in [9.17, 15) is 0 Å². The number of hydrogen-bond acceptors (Lipinski definition) is 4. The minimum atomic E-state index is 0.782. The quantitative estimate of drug-likeness (QED) is 0.836. The minimum absolute atomic E-state index is 0.782. The molecule has 0 bridgehead atoms. The first-order valence-corrected chi connectivity index (χ1v) is 7.06. The van der Waals surface area contributed by atoms with Crippen molar-refractivity contribution in [1.29, 1.82) is 0 Å². The Labute approximate surface area is 120 Å². The molecule has 1 heterocycles. The van der Waals surface area contributed by atoms with E-state index in [0.29, 0.717) is 0 Å². The van der Waals surface area contributed by atoms with Crippen LogP contribution in [0.5, 0.6) is 0 Å². The van der Waals surface area contributed by atoms with Gasteiger partial charge in [-0.15, -0.1) is 5.10 Å². The van der Waals surface area contributed by atoms with E-state index in [-0.39, 0.29) is 0 Å². The van der Waals surface area contributed by atoms with Gasteiger partial charge >= 0.3 is 0 Å². The highest BCUT2D eigenvalue weighted by molar-refractivity contribution is 5.46. The average Bonchev–Trinajstić information content (AvgIpc) is 2.91. The average molecular weight is 273 g/mol. The van der Waals surface area contributed by atoms with E-state index in [1.165, 1.54) is 11.3 Å². The number of anilines is 1. The number of nitrogens with zero attached hydrogens (tertiary/aromatic N) is 4. The monoisotopic (exact) mass is 273 g/mol. The molecule has 0 amide bonds. The molecule has 0 saturated heterocycles. The van der Waals surface area contributed by atoms with Gasteiger partial charge in [0.15, 0.2) is 0 Å². The van der Waals surface area contributed by atoms with Gasteiger partial charge in [-0.2, -0.15) is 0 Å². The molecule has 0 unspecified atom stereocenters. The van der Waals surface area contributed by atoms with Gasteiger partial charge in [-0.1, -0.05) is 29.8 Å². The summed E-state index contributed by atoms with van der Waals surface area (Å²) in [6, 6.07) is 8.56. The van der Waals surface area contributed by atoms with Gasteiger partial charge in [0.05, 0.1) is 12.2 Å². The van der Waals surface area contributed by atoms with Crippen molar-refractivity contribution in [3.05, 3.63) is 41.7 Å². The largest absolute Gasteiger partial charge is 0.373 e. The second-order valence-electron chi connectivity index (χ2n) is 5.01. The van der Waals surface area contributed by atoms with Crippen molar-refractivity contribution < 1.29 is 0 Å². The van der Waals surface area contributed by atoms with Crippen molar-refractivity contribution in [2.75, 3.05) is 25.0 Å². The van der Waals surface area contributed by atoms with Gasteiger partial charge in [-0.05, 0) is 25.6 Å². The Hall–Kier alpha value is -1.88. The lowest BCUT2D eigenvalue weighted by atomic mass is 10.2. The van der Waals surface area contributed by atoms with Crippen LogP contribution < -0.4 is 10.2 Å². The van der Waals surface area contributed by atoms with Gasteiger partial charge < -0.3 is 10.2 Å². The first-order valence-electron chi connectivity index (χ1n) is 7.06. The lowest BCUT2D eigenvalue weighted by Crippen LogP contribution is -2.22. The fourth-order valence-corrected chi connectivity index (χ4v) is 1.96. The Bertz CT molecular complexity index is 517. The normalized spacial score (nSPS) is 10.8. The van der Waals surface area contributed by atoms with Crippen LogP contribution in [0.4, 0.5) is 5.69 Å². The molecule has 0 radical (unpaired) electrons. The van der Waals surface area contributed by atoms with E-state index in [0.717, 1.165) is 31.9 Å². The van der Waals surface area contributed by atoms with Crippen LogP contribution in [0.2, 0.25) is 0 Å². The molecule has 2 rings (SSSR count). The first kappa shape index (κ1) is 14.5. The molecule has 0 aliphatic carbocycles. The number of aryl methyl sites for hydroxylation is 1. The smallest absolute Gasteiger partial charge is 0.0964 e. The van der Waals surface area contributed by atoms with Crippen LogP contribution in [-0.2, 0) is 13.1 Å². The summed E-state index contributed by atoms with van der Waals surface area (Å²) in [6.45, 7) is 7.66. The van der Waals surface area contributed by atoms with Crippen LogP contribution in [0.15, 0.2) is 30.5 Å². The molecule has 1 aromatic carbocycles. The summed E-state index contributed by atoms with van der Waals surface area (Å²) < 4.78 is 1.90. The van der Waals surface area contributed by atoms with E-state index in [4.69, 9.17) is 0 Å². The SMILES string of the molecule is CCNCc1cn(CCN(C)c2ccc(C)cc2)nn1. The molecule has 0 atom stereocenters. The Morgan fingerprint density at radius 1 is 1.25 bits per heavy atom. The highest BCUT2D eigenvalue weighted by Gasteiger charge is 2.03. The molecule has 5 heteroatoms. The highest BCUT2D eigenvalue weighted by Crippen LogP contribution is 2.13. The van der Waals surface area contributed by atoms with E-state index in [1.54, 1.807) is 0 Å². The molecule has 0 aliphatic heterocycles. The molecule has 0 saturated carbocycles. The lowest BCUT2D eigenvalue weighted by Gasteiger charge is -2.19. The molecule has 5 nitrogen and oxygen atoms in total. The molecule has 1 N–H and O–H groups in total. The third kappa shape index (κ3) is 4.06. The number of aromatic nitrogens is 3. The number of hydrogen-bond donors (Lipinski definition) is 1. The summed E-state index contributed by atoms with van der Waals surface area (Å²) in [7, 11) is 2.10. The molecule has 2 aromatic rings. The summed E-state index contributed by atoms with van der Waals surface area (Å²) in [6.07, 6.45) is 2.01. The maximum atomic E-state index is 4.15. The van der Waals surface area contributed by atoms with Gasteiger partial charge in [-0.25, -0.2) is 0 Å². The van der Waals surface area contributed by atoms with Crippen molar-refractivity contribution in [3.8, 4) is 0 Å². The lowest BCUT2D eigenvalue weighted by molar-refractivity contribution is 0.587. The standard InChI is InChI=1S/C15H23N5/c1-4-16-11-14-12-20(18-17-14)10-9-19(3)15-7-5-13(2)6-8-15/h5-8,12,16H,4,9-11H2,1-3H3. The number of benzene rings is 1. The zero-order valence-corrected chi connectivity index (χ0v) is 12.5. The van der Waals surface area contributed by atoms with Crippen LogP contribution >= 0.6 is 0 Å². The molecule has 1 aromatic heterocycles. The highest BCUT2D eigenvalue weighted by atomic mass is 15.4. The van der Waals surface area contributed by atoms with Crippen molar-refractivity contribution in [2.45, 2.75) is 26.9 Å². The second-order valence-corrected chi connectivity index (χ2v) is 5.01. The van der Waals surface area contributed by atoms with Crippen LogP contribution in [0.3, 0.4) is 0 Å². The summed E-state index contributed by atoms with van der Waals surface area (Å²) >= 11 is 0. The van der Waals surface area contributed by atoms with Gasteiger partial charge in [0.25, 0.3) is 0 Å². The van der Waals surface area contributed by atoms with E-state index in [1.807, 2.05) is 10.9 Å². The van der Waals surface area contributed by atoms with Gasteiger partial charge in [0.2, 0.25) is 0 Å². The summed E-state index contributed by atoms with van der Waals surface area (Å²) in [5.41, 5.74) is 3.50. The Kier molecular flexibility index (Phi) is 5.12. The van der Waals surface area contributed by atoms with Crippen molar-refractivity contribution in [2.24, 2.45) is 0 Å². The fraction of sp³-hybridized carbons (Fsp3) is 0.467. The van der Waals surface area contributed by atoms with Gasteiger partial charge in [0, 0.05) is 32.0 Å². The van der Waals surface area contributed by atoms with Crippen LogP contribution in [0.25, 0.3) is 0 Å². The minimum Gasteiger partial charge on any atom is -0.373 e. The molecular weight excluding hydrogens is 250 g/mol. The first-order chi connectivity index (χ1) is 9.69. The molecule has 0 aliphatic rings.